The van der Waals surface area contributed by atoms with Gasteiger partial charge in [0, 0.05) is 12.1 Å². The second-order valence-electron chi connectivity index (χ2n) is 8.17. The molecule has 8 nitrogen and oxygen atoms in total. The fourth-order valence-electron chi connectivity index (χ4n) is 2.90. The van der Waals surface area contributed by atoms with Crippen molar-refractivity contribution < 1.29 is 4.79 Å². The summed E-state index contributed by atoms with van der Waals surface area (Å²) in [6.07, 6.45) is 6.43. The maximum absolute atomic E-state index is 12.6. The van der Waals surface area contributed by atoms with Gasteiger partial charge >= 0.3 is 0 Å². The fraction of sp³-hybridized carbons (Fsp3) is 0.875. The third-order valence-corrected chi connectivity index (χ3v) is 4.95. The highest BCUT2D eigenvalue weighted by Gasteiger charge is 2.33. The lowest BCUT2D eigenvalue weighted by molar-refractivity contribution is -0.121. The Bertz CT molecular complexity index is 573. The average molecular weight is 370 g/mol. The van der Waals surface area contributed by atoms with E-state index in [9.17, 15) is 4.79 Å². The van der Waals surface area contributed by atoms with Crippen molar-refractivity contribution in [1.82, 2.24) is 30.2 Å². The minimum absolute atomic E-state index is 0.148. The van der Waals surface area contributed by atoms with Gasteiger partial charge < -0.3 is 5.32 Å². The third kappa shape index (κ3) is 5.65. The standard InChI is InChI=1S/C16H31N7OS/c1-15(2,3)23-20-14(19-22-23)17-13(24)16(4,5)18-11-7-9-12(10-8-11)21-25-6/h11-12,18,21H,7-10H2,1-6H3,(H,17,20,24). The highest BCUT2D eigenvalue weighted by Crippen LogP contribution is 2.22. The first-order valence-electron chi connectivity index (χ1n) is 8.80. The molecule has 1 fully saturated rings. The Morgan fingerprint density at radius 3 is 2.24 bits per heavy atom. The van der Waals surface area contributed by atoms with Crippen molar-refractivity contribution in [2.75, 3.05) is 11.6 Å². The van der Waals surface area contributed by atoms with Crippen LogP contribution in [0.2, 0.25) is 0 Å². The SMILES string of the molecule is CSNC1CCC(NC(C)(C)C(=O)Nc2nnn(C(C)(C)C)n2)CC1. The Hall–Kier alpha value is -1.19. The van der Waals surface area contributed by atoms with Crippen LogP contribution in [-0.4, -0.2) is 50.0 Å². The Morgan fingerprint density at radius 2 is 1.72 bits per heavy atom. The lowest BCUT2D eigenvalue weighted by Gasteiger charge is -2.35. The summed E-state index contributed by atoms with van der Waals surface area (Å²) in [6, 6.07) is 0.917. The first kappa shape index (κ1) is 20.1. The van der Waals surface area contributed by atoms with Crippen LogP contribution in [0.3, 0.4) is 0 Å². The second kappa shape index (κ2) is 8.01. The third-order valence-electron chi connectivity index (χ3n) is 4.38. The maximum Gasteiger partial charge on any atom is 0.270 e. The number of nitrogens with one attached hydrogen (secondary N) is 3. The summed E-state index contributed by atoms with van der Waals surface area (Å²) in [5, 5.41) is 18.4. The molecule has 142 valence electrons. The molecule has 1 heterocycles. The average Bonchev–Trinajstić information content (AvgIpc) is 2.98. The quantitative estimate of drug-likeness (QED) is 0.659. The maximum atomic E-state index is 12.6. The van der Waals surface area contributed by atoms with Crippen LogP contribution >= 0.6 is 11.9 Å². The summed E-state index contributed by atoms with van der Waals surface area (Å²) in [7, 11) is 0. The van der Waals surface area contributed by atoms with Crippen LogP contribution in [0.25, 0.3) is 0 Å². The van der Waals surface area contributed by atoms with Gasteiger partial charge in [-0.1, -0.05) is 17.0 Å². The number of anilines is 1. The van der Waals surface area contributed by atoms with E-state index in [4.69, 9.17) is 0 Å². The number of carbonyl (C=O) groups is 1. The number of hydrogen-bond donors (Lipinski definition) is 3. The van der Waals surface area contributed by atoms with E-state index in [-0.39, 0.29) is 17.4 Å². The first-order valence-corrected chi connectivity index (χ1v) is 10.0. The predicted molar refractivity (Wildman–Crippen MR) is 101 cm³/mol. The summed E-state index contributed by atoms with van der Waals surface area (Å²) in [5.41, 5.74) is -0.967. The van der Waals surface area contributed by atoms with Crippen molar-refractivity contribution in [1.29, 1.82) is 0 Å². The van der Waals surface area contributed by atoms with E-state index in [1.54, 1.807) is 11.9 Å². The second-order valence-corrected chi connectivity index (χ2v) is 8.81. The van der Waals surface area contributed by atoms with E-state index >= 15 is 0 Å². The lowest BCUT2D eigenvalue weighted by atomic mass is 9.89. The molecule has 0 aliphatic heterocycles. The van der Waals surface area contributed by atoms with Gasteiger partial charge in [-0.3, -0.25) is 14.8 Å². The van der Waals surface area contributed by atoms with Crippen LogP contribution in [0.15, 0.2) is 0 Å². The lowest BCUT2D eigenvalue weighted by Crippen LogP contribution is -2.55. The molecule has 1 saturated carbocycles. The molecule has 9 heteroatoms. The molecule has 1 aliphatic rings. The van der Waals surface area contributed by atoms with Crippen molar-refractivity contribution in [2.45, 2.75) is 83.5 Å². The first-order chi connectivity index (χ1) is 11.6. The molecule has 0 atom stereocenters. The molecule has 1 amide bonds. The zero-order chi connectivity index (χ0) is 18.7. The van der Waals surface area contributed by atoms with Crippen molar-refractivity contribution in [3.8, 4) is 0 Å². The smallest absolute Gasteiger partial charge is 0.270 e. The van der Waals surface area contributed by atoms with Gasteiger partial charge in [0.05, 0.1) is 11.1 Å². The fourth-order valence-corrected chi connectivity index (χ4v) is 3.47. The summed E-state index contributed by atoms with van der Waals surface area (Å²) in [4.78, 5) is 14.1. The van der Waals surface area contributed by atoms with E-state index in [0.717, 1.165) is 25.7 Å². The van der Waals surface area contributed by atoms with Gasteiger partial charge in [-0.05, 0) is 71.8 Å². The highest BCUT2D eigenvalue weighted by atomic mass is 32.2. The van der Waals surface area contributed by atoms with E-state index in [0.29, 0.717) is 12.1 Å². The molecule has 1 aromatic heterocycles. The van der Waals surface area contributed by atoms with Crippen LogP contribution in [0.4, 0.5) is 5.95 Å². The highest BCUT2D eigenvalue weighted by molar-refractivity contribution is 7.96. The molecular formula is C16H31N7OS. The van der Waals surface area contributed by atoms with Gasteiger partial charge in [-0.2, -0.15) is 4.80 Å². The molecular weight excluding hydrogens is 338 g/mol. The molecule has 25 heavy (non-hydrogen) atoms. The molecule has 0 bridgehead atoms. The van der Waals surface area contributed by atoms with Gasteiger partial charge in [-0.25, -0.2) is 0 Å². The van der Waals surface area contributed by atoms with Gasteiger partial charge in [0.25, 0.3) is 5.95 Å². The summed E-state index contributed by atoms with van der Waals surface area (Å²) >= 11 is 1.68. The molecule has 3 N–H and O–H groups in total. The van der Waals surface area contributed by atoms with Crippen LogP contribution < -0.4 is 15.4 Å². The molecule has 0 unspecified atom stereocenters. The number of amides is 1. The molecule has 2 rings (SSSR count). The minimum atomic E-state index is -0.697. The van der Waals surface area contributed by atoms with E-state index in [1.807, 2.05) is 34.6 Å². The normalized spacial score (nSPS) is 22.0. The molecule has 1 aromatic rings. The van der Waals surface area contributed by atoms with Gasteiger partial charge in [-0.15, -0.1) is 5.10 Å². The number of hydrogen-bond acceptors (Lipinski definition) is 7. The summed E-state index contributed by atoms with van der Waals surface area (Å²) in [6.45, 7) is 9.72. The van der Waals surface area contributed by atoms with Crippen molar-refractivity contribution in [2.24, 2.45) is 0 Å². The minimum Gasteiger partial charge on any atom is -0.301 e. The van der Waals surface area contributed by atoms with E-state index < -0.39 is 5.54 Å². The van der Waals surface area contributed by atoms with Crippen LogP contribution in [-0.2, 0) is 10.3 Å². The monoisotopic (exact) mass is 369 g/mol. The van der Waals surface area contributed by atoms with Crippen LogP contribution in [0, 0.1) is 0 Å². The predicted octanol–water partition coefficient (Wildman–Crippen LogP) is 1.91. The van der Waals surface area contributed by atoms with Crippen molar-refractivity contribution in [3.05, 3.63) is 0 Å². The zero-order valence-electron chi connectivity index (χ0n) is 16.1. The largest absolute Gasteiger partial charge is 0.301 e. The number of aromatic nitrogens is 4. The number of carbonyl (C=O) groups excluding carboxylic acids is 1. The van der Waals surface area contributed by atoms with E-state index in [2.05, 4.69) is 37.0 Å². The zero-order valence-corrected chi connectivity index (χ0v) is 16.9. The molecule has 1 aliphatic carbocycles. The van der Waals surface area contributed by atoms with Crippen LogP contribution in [0.5, 0.6) is 0 Å². The topological polar surface area (TPSA) is 96.8 Å². The molecule has 0 spiro atoms. The molecule has 0 saturated heterocycles. The number of nitrogens with zero attached hydrogens (tertiary/aromatic N) is 4. The molecule has 0 aromatic carbocycles. The van der Waals surface area contributed by atoms with E-state index in [1.165, 1.54) is 4.80 Å². The van der Waals surface area contributed by atoms with Gasteiger partial charge in [0.2, 0.25) is 5.91 Å². The Morgan fingerprint density at radius 1 is 1.12 bits per heavy atom. The Balaban J connectivity index is 1.88. The summed E-state index contributed by atoms with van der Waals surface area (Å²) in [5.74, 6) is 0.0907. The molecule has 0 radical (unpaired) electrons. The number of rotatable bonds is 6. The Kier molecular flexibility index (Phi) is 6.45. The number of tetrazole rings is 1. The summed E-state index contributed by atoms with van der Waals surface area (Å²) < 4.78 is 3.42. The van der Waals surface area contributed by atoms with Gasteiger partial charge in [0.1, 0.15) is 0 Å². The Labute approximate surface area is 154 Å². The van der Waals surface area contributed by atoms with Crippen molar-refractivity contribution in [3.63, 3.8) is 0 Å². The van der Waals surface area contributed by atoms with Gasteiger partial charge in [0.15, 0.2) is 0 Å². The van der Waals surface area contributed by atoms with Crippen LogP contribution in [0.1, 0.15) is 60.3 Å². The van der Waals surface area contributed by atoms with Crippen molar-refractivity contribution >= 4 is 23.8 Å².